The number of rotatable bonds is 3. The molecule has 0 radical (unpaired) electrons. The van der Waals surface area contributed by atoms with Crippen LogP contribution >= 0.6 is 0 Å². The minimum atomic E-state index is 0.280. The van der Waals surface area contributed by atoms with Crippen molar-refractivity contribution in [1.29, 1.82) is 0 Å². The van der Waals surface area contributed by atoms with Gasteiger partial charge in [-0.3, -0.25) is 9.78 Å². The second kappa shape index (κ2) is 5.65. The van der Waals surface area contributed by atoms with E-state index >= 15 is 0 Å². The van der Waals surface area contributed by atoms with E-state index in [-0.39, 0.29) is 5.91 Å². The van der Waals surface area contributed by atoms with Crippen molar-refractivity contribution in [3.05, 3.63) is 30.7 Å². The summed E-state index contributed by atoms with van der Waals surface area (Å²) in [6.45, 7) is 4.81. The molecule has 1 aliphatic heterocycles. The normalized spacial score (nSPS) is 19.4. The Bertz CT molecular complexity index is 605. The lowest BCUT2D eigenvalue weighted by Crippen LogP contribution is -2.39. The molecule has 1 aliphatic rings. The van der Waals surface area contributed by atoms with Gasteiger partial charge in [-0.1, -0.05) is 6.92 Å². The third-order valence-electron chi connectivity index (χ3n) is 4.15. The van der Waals surface area contributed by atoms with E-state index in [0.29, 0.717) is 12.3 Å². The Hall–Kier alpha value is -1.84. The number of carbonyl (C=O) groups excluding carboxylic acids is 1. The molecule has 106 valence electrons. The highest BCUT2D eigenvalue weighted by Gasteiger charge is 2.20. The summed E-state index contributed by atoms with van der Waals surface area (Å²) in [4.78, 5) is 18.5. The first-order valence-electron chi connectivity index (χ1n) is 7.40. The molecule has 3 rings (SSSR count). The van der Waals surface area contributed by atoms with Gasteiger partial charge in [0.15, 0.2) is 0 Å². The van der Waals surface area contributed by atoms with Gasteiger partial charge < -0.3 is 9.47 Å². The zero-order chi connectivity index (χ0) is 13.9. The molecule has 1 saturated heterocycles. The van der Waals surface area contributed by atoms with E-state index in [9.17, 15) is 4.79 Å². The number of aryl methyl sites for hydroxylation is 1. The predicted molar refractivity (Wildman–Crippen MR) is 79.3 cm³/mol. The SMILES string of the molecule is C[C@@H]1CCCN(C(=O)CCn2ccc3ccncc32)C1. The Morgan fingerprint density at radius 2 is 2.35 bits per heavy atom. The summed E-state index contributed by atoms with van der Waals surface area (Å²) in [6.07, 6.45) is 8.67. The van der Waals surface area contributed by atoms with Crippen LogP contribution in [0.4, 0.5) is 0 Å². The van der Waals surface area contributed by atoms with E-state index < -0.39 is 0 Å². The fraction of sp³-hybridized carbons (Fsp3) is 0.500. The Morgan fingerprint density at radius 3 is 3.20 bits per heavy atom. The molecule has 0 bridgehead atoms. The average Bonchev–Trinajstić information content (AvgIpc) is 2.88. The third-order valence-corrected chi connectivity index (χ3v) is 4.15. The predicted octanol–water partition coefficient (Wildman–Crippen LogP) is 2.68. The lowest BCUT2D eigenvalue weighted by atomic mass is 10.00. The first-order valence-corrected chi connectivity index (χ1v) is 7.40. The van der Waals surface area contributed by atoms with E-state index in [4.69, 9.17) is 0 Å². The summed E-state index contributed by atoms with van der Waals surface area (Å²) in [5, 5.41) is 1.18. The van der Waals surface area contributed by atoms with Crippen molar-refractivity contribution in [2.24, 2.45) is 5.92 Å². The number of fused-ring (bicyclic) bond motifs is 1. The molecule has 0 aliphatic carbocycles. The molecule has 0 saturated carbocycles. The summed E-state index contributed by atoms with van der Waals surface area (Å²) in [5.41, 5.74) is 1.10. The van der Waals surface area contributed by atoms with Crippen LogP contribution in [0.2, 0.25) is 0 Å². The molecule has 0 aromatic carbocycles. The maximum absolute atomic E-state index is 12.3. The lowest BCUT2D eigenvalue weighted by Gasteiger charge is -2.31. The van der Waals surface area contributed by atoms with Crippen LogP contribution in [0.15, 0.2) is 30.7 Å². The van der Waals surface area contributed by atoms with E-state index in [2.05, 4.69) is 22.5 Å². The van der Waals surface area contributed by atoms with Gasteiger partial charge in [0.1, 0.15) is 0 Å². The molecule has 3 heterocycles. The molecular weight excluding hydrogens is 250 g/mol. The highest BCUT2D eigenvalue weighted by Crippen LogP contribution is 2.17. The molecule has 20 heavy (non-hydrogen) atoms. The van der Waals surface area contributed by atoms with E-state index in [1.54, 1.807) is 6.20 Å². The van der Waals surface area contributed by atoms with Crippen molar-refractivity contribution in [1.82, 2.24) is 14.5 Å². The number of carbonyl (C=O) groups is 1. The topological polar surface area (TPSA) is 38.1 Å². The highest BCUT2D eigenvalue weighted by atomic mass is 16.2. The molecule has 4 heteroatoms. The Morgan fingerprint density at radius 1 is 1.45 bits per heavy atom. The van der Waals surface area contributed by atoms with Crippen molar-refractivity contribution in [3.63, 3.8) is 0 Å². The van der Waals surface area contributed by atoms with Gasteiger partial charge in [-0.2, -0.15) is 0 Å². The highest BCUT2D eigenvalue weighted by molar-refractivity contribution is 5.79. The van der Waals surface area contributed by atoms with Gasteiger partial charge >= 0.3 is 0 Å². The van der Waals surface area contributed by atoms with Gasteiger partial charge in [-0.15, -0.1) is 0 Å². The minimum absolute atomic E-state index is 0.280. The molecule has 1 fully saturated rings. The zero-order valence-electron chi connectivity index (χ0n) is 12.0. The summed E-state index contributed by atoms with van der Waals surface area (Å²) in [7, 11) is 0. The fourth-order valence-corrected chi connectivity index (χ4v) is 3.01. The second-order valence-electron chi connectivity index (χ2n) is 5.78. The number of aromatic nitrogens is 2. The summed E-state index contributed by atoms with van der Waals surface area (Å²) < 4.78 is 2.12. The average molecular weight is 271 g/mol. The Balaban J connectivity index is 1.63. The molecule has 1 atom stereocenters. The van der Waals surface area contributed by atoms with Gasteiger partial charge in [-0.25, -0.2) is 0 Å². The van der Waals surface area contributed by atoms with Crippen molar-refractivity contribution < 1.29 is 4.79 Å². The third kappa shape index (κ3) is 2.69. The standard InChI is InChI=1S/C16H21N3O/c1-13-3-2-8-19(12-13)16(20)6-10-18-9-5-14-4-7-17-11-15(14)18/h4-5,7,9,11,13H,2-3,6,8,10,12H2,1H3/t13-/m1/s1. The first-order chi connectivity index (χ1) is 9.74. The van der Waals surface area contributed by atoms with Crippen molar-refractivity contribution in [2.45, 2.75) is 32.7 Å². The van der Waals surface area contributed by atoms with Crippen LogP contribution in [-0.4, -0.2) is 33.4 Å². The van der Waals surface area contributed by atoms with Crippen LogP contribution in [-0.2, 0) is 11.3 Å². The van der Waals surface area contributed by atoms with Crippen LogP contribution < -0.4 is 0 Å². The summed E-state index contributed by atoms with van der Waals surface area (Å²) in [6, 6.07) is 4.07. The van der Waals surface area contributed by atoms with Crippen LogP contribution in [0.3, 0.4) is 0 Å². The number of piperidine rings is 1. The van der Waals surface area contributed by atoms with Crippen LogP contribution in [0.25, 0.3) is 10.9 Å². The number of nitrogens with zero attached hydrogens (tertiary/aromatic N) is 3. The van der Waals surface area contributed by atoms with Gasteiger partial charge in [0.2, 0.25) is 5.91 Å². The van der Waals surface area contributed by atoms with Crippen molar-refractivity contribution >= 4 is 16.8 Å². The number of pyridine rings is 1. The Labute approximate surface area is 119 Å². The first kappa shape index (κ1) is 13.2. The van der Waals surface area contributed by atoms with Gasteiger partial charge in [-0.05, 0) is 30.9 Å². The van der Waals surface area contributed by atoms with E-state index in [1.165, 1.54) is 11.8 Å². The molecule has 2 aromatic heterocycles. The van der Waals surface area contributed by atoms with Crippen LogP contribution in [0, 0.1) is 5.92 Å². The molecular formula is C16H21N3O. The minimum Gasteiger partial charge on any atom is -0.346 e. The molecule has 0 spiro atoms. The monoisotopic (exact) mass is 271 g/mol. The smallest absolute Gasteiger partial charge is 0.224 e. The number of amides is 1. The number of hydrogen-bond donors (Lipinski definition) is 0. The molecule has 2 aromatic rings. The van der Waals surface area contributed by atoms with Crippen molar-refractivity contribution in [2.75, 3.05) is 13.1 Å². The summed E-state index contributed by atoms with van der Waals surface area (Å²) in [5.74, 6) is 0.923. The van der Waals surface area contributed by atoms with Gasteiger partial charge in [0.05, 0.1) is 11.7 Å². The fourth-order valence-electron chi connectivity index (χ4n) is 3.01. The van der Waals surface area contributed by atoms with E-state index in [1.807, 2.05) is 23.4 Å². The maximum Gasteiger partial charge on any atom is 0.224 e. The van der Waals surface area contributed by atoms with Gasteiger partial charge in [0.25, 0.3) is 0 Å². The number of likely N-dealkylation sites (tertiary alicyclic amines) is 1. The largest absolute Gasteiger partial charge is 0.346 e. The van der Waals surface area contributed by atoms with E-state index in [0.717, 1.165) is 31.6 Å². The molecule has 0 N–H and O–H groups in total. The maximum atomic E-state index is 12.3. The lowest BCUT2D eigenvalue weighted by molar-refractivity contribution is -0.133. The molecule has 1 amide bonds. The molecule has 4 nitrogen and oxygen atoms in total. The quantitative estimate of drug-likeness (QED) is 0.861. The van der Waals surface area contributed by atoms with Crippen LogP contribution in [0.1, 0.15) is 26.2 Å². The Kier molecular flexibility index (Phi) is 3.72. The van der Waals surface area contributed by atoms with Gasteiger partial charge in [0, 0.05) is 43.8 Å². The van der Waals surface area contributed by atoms with Crippen LogP contribution in [0.5, 0.6) is 0 Å². The van der Waals surface area contributed by atoms with Crippen molar-refractivity contribution in [3.8, 4) is 0 Å². The number of hydrogen-bond acceptors (Lipinski definition) is 2. The zero-order valence-corrected chi connectivity index (χ0v) is 12.0. The second-order valence-corrected chi connectivity index (χ2v) is 5.78. The molecule has 0 unspecified atom stereocenters. The summed E-state index contributed by atoms with van der Waals surface area (Å²) >= 11 is 0.